The van der Waals surface area contributed by atoms with Gasteiger partial charge in [-0.05, 0) is 75.2 Å². The van der Waals surface area contributed by atoms with Crippen molar-refractivity contribution in [2.45, 2.75) is 119 Å². The first-order valence-corrected chi connectivity index (χ1v) is 15.0. The zero-order chi connectivity index (χ0) is 29.5. The summed E-state index contributed by atoms with van der Waals surface area (Å²) in [6.07, 6.45) is -1.06. The van der Waals surface area contributed by atoms with Gasteiger partial charge in [0.25, 0.3) is 0 Å². The first-order chi connectivity index (χ1) is 19.3. The summed E-state index contributed by atoms with van der Waals surface area (Å²) in [4.78, 5) is 24.9. The van der Waals surface area contributed by atoms with Crippen LogP contribution in [0.4, 0.5) is 0 Å². The lowest BCUT2D eigenvalue weighted by Gasteiger charge is -2.66. The van der Waals surface area contributed by atoms with Crippen LogP contribution in [0.5, 0.6) is 0 Å². The molecule has 1 saturated heterocycles. The van der Waals surface area contributed by atoms with Crippen molar-refractivity contribution < 1.29 is 54.1 Å². The second-order valence-electron chi connectivity index (χ2n) is 13.7. The van der Waals surface area contributed by atoms with E-state index in [1.54, 1.807) is 6.92 Å². The lowest BCUT2D eigenvalue weighted by molar-refractivity contribution is -0.322. The smallest absolute Gasteiger partial charge is 0.331 e. The molecule has 0 unspecified atom stereocenters. The van der Waals surface area contributed by atoms with Crippen LogP contribution < -0.4 is 0 Å². The SMILES string of the molecule is CO[C@H]1[C@H](O[C@H]2CC[C@]3(C=O)[C@H]4C[C@@H](O)[C@]5(C)[C@@H](C6=CC(=O)OC6)CC[C@]5(O)[C@@H]4CC[C@]3(O)C2)O[C@H](C)[C@H](O)[C@@H]1O. The number of carbonyl (C=O) groups excluding carboxylic acids is 2. The normalized spacial score (nSPS) is 54.9. The number of hydrogen-bond donors (Lipinski definition) is 5. The van der Waals surface area contributed by atoms with Crippen LogP contribution in [0.3, 0.4) is 0 Å². The number of ether oxygens (including phenoxy) is 4. The Bertz CT molecular complexity index is 1100. The number of methoxy groups -OCH3 is 1. The summed E-state index contributed by atoms with van der Waals surface area (Å²) in [6.45, 7) is 3.70. The van der Waals surface area contributed by atoms with Gasteiger partial charge in [-0.2, -0.15) is 0 Å². The first kappa shape index (κ1) is 29.6. The van der Waals surface area contributed by atoms with E-state index in [1.165, 1.54) is 13.2 Å². The van der Waals surface area contributed by atoms with Crippen molar-refractivity contribution in [2.24, 2.45) is 28.6 Å². The summed E-state index contributed by atoms with van der Waals surface area (Å²) in [7, 11) is 1.40. The number of esters is 1. The van der Waals surface area contributed by atoms with Crippen molar-refractivity contribution in [3.8, 4) is 0 Å². The molecular weight excluding hydrogens is 536 g/mol. The average molecular weight is 581 g/mol. The average Bonchev–Trinajstić information content (AvgIpc) is 3.48. The maximum atomic E-state index is 13.1. The summed E-state index contributed by atoms with van der Waals surface area (Å²) in [6, 6.07) is 0. The number of hydrogen-bond acceptors (Lipinski definition) is 11. The zero-order valence-electron chi connectivity index (χ0n) is 24.0. The molecule has 11 heteroatoms. The Hall–Kier alpha value is -1.44. The standard InChI is InChI=1S/C30H44O11/c1-15-23(34)24(35)25(38-3)26(40-15)41-17-4-7-28(14-31)20-11-21(32)27(2)18(16-10-22(33)39-13-16)6-9-30(27,37)19(20)5-8-29(28,36)12-17/h10,14-15,17-21,23-26,32,34-37H,4-9,11-13H2,1-3H3/t15-,17+,18-,19-,20+,21-,23+,24+,25-,26+,27+,28+,29+,30+/m1/s1. The molecule has 0 aromatic heterocycles. The highest BCUT2D eigenvalue weighted by Gasteiger charge is 2.74. The predicted octanol–water partition coefficient (Wildman–Crippen LogP) is 0.375. The Balaban J connectivity index is 1.25. The van der Waals surface area contributed by atoms with Crippen LogP contribution >= 0.6 is 0 Å². The molecule has 2 aliphatic heterocycles. The van der Waals surface area contributed by atoms with Crippen LogP contribution in [0.2, 0.25) is 0 Å². The number of aliphatic hydroxyl groups excluding tert-OH is 3. The molecule has 5 fully saturated rings. The molecule has 6 rings (SSSR count). The number of fused-ring (bicyclic) bond motifs is 5. The Labute approximate surface area is 239 Å². The van der Waals surface area contributed by atoms with E-state index in [0.717, 1.165) is 11.9 Å². The van der Waals surface area contributed by atoms with Crippen LogP contribution in [-0.4, -0.2) is 106 Å². The molecule has 11 nitrogen and oxygen atoms in total. The van der Waals surface area contributed by atoms with Gasteiger partial charge < -0.3 is 49.3 Å². The molecule has 4 aliphatic carbocycles. The summed E-state index contributed by atoms with van der Waals surface area (Å²) in [5.41, 5.74) is -3.98. The highest BCUT2D eigenvalue weighted by molar-refractivity contribution is 5.85. The minimum atomic E-state index is -1.42. The highest BCUT2D eigenvalue weighted by atomic mass is 16.7. The van der Waals surface area contributed by atoms with Gasteiger partial charge in [-0.25, -0.2) is 4.79 Å². The molecule has 0 radical (unpaired) electrons. The fraction of sp³-hybridized carbons (Fsp3) is 0.867. The van der Waals surface area contributed by atoms with Crippen LogP contribution in [0.1, 0.15) is 65.2 Å². The van der Waals surface area contributed by atoms with Gasteiger partial charge in [-0.15, -0.1) is 0 Å². The molecule has 230 valence electrons. The number of aliphatic hydroxyl groups is 5. The molecule has 4 saturated carbocycles. The number of aldehydes is 1. The minimum Gasteiger partial charge on any atom is -0.458 e. The summed E-state index contributed by atoms with van der Waals surface area (Å²) in [5, 5.41) is 57.0. The topological polar surface area (TPSA) is 172 Å². The van der Waals surface area contributed by atoms with Gasteiger partial charge in [0.1, 0.15) is 31.2 Å². The van der Waals surface area contributed by atoms with Gasteiger partial charge in [0.05, 0.1) is 34.9 Å². The summed E-state index contributed by atoms with van der Waals surface area (Å²) < 4.78 is 22.6. The van der Waals surface area contributed by atoms with Crippen molar-refractivity contribution in [3.63, 3.8) is 0 Å². The van der Waals surface area contributed by atoms with Crippen molar-refractivity contribution in [1.82, 2.24) is 0 Å². The lowest BCUT2D eigenvalue weighted by Crippen LogP contribution is -2.71. The Kier molecular flexibility index (Phi) is 7.26. The number of carbonyl (C=O) groups is 2. The summed E-state index contributed by atoms with van der Waals surface area (Å²) >= 11 is 0. The third kappa shape index (κ3) is 4.00. The first-order valence-electron chi connectivity index (χ1n) is 15.0. The van der Waals surface area contributed by atoms with E-state index in [9.17, 15) is 35.1 Å². The monoisotopic (exact) mass is 580 g/mol. The molecule has 6 aliphatic rings. The maximum Gasteiger partial charge on any atom is 0.331 e. The number of cyclic esters (lactones) is 1. The molecule has 0 aromatic rings. The lowest BCUT2D eigenvalue weighted by atomic mass is 9.41. The Morgan fingerprint density at radius 3 is 2.46 bits per heavy atom. The largest absolute Gasteiger partial charge is 0.458 e. The molecule has 2 heterocycles. The molecule has 0 bridgehead atoms. The van der Waals surface area contributed by atoms with Crippen LogP contribution in [0.25, 0.3) is 0 Å². The van der Waals surface area contributed by atoms with E-state index in [-0.39, 0.29) is 37.7 Å². The molecule has 0 amide bonds. The van der Waals surface area contributed by atoms with Gasteiger partial charge in [0, 0.05) is 25.0 Å². The maximum absolute atomic E-state index is 13.1. The third-order valence-electron chi connectivity index (χ3n) is 12.3. The Morgan fingerprint density at radius 2 is 1.80 bits per heavy atom. The van der Waals surface area contributed by atoms with E-state index in [0.29, 0.717) is 32.1 Å². The van der Waals surface area contributed by atoms with Gasteiger partial charge in [-0.1, -0.05) is 6.92 Å². The number of rotatable bonds is 5. The quantitative estimate of drug-likeness (QED) is 0.173. The zero-order valence-corrected chi connectivity index (χ0v) is 24.0. The van der Waals surface area contributed by atoms with Crippen molar-refractivity contribution in [3.05, 3.63) is 11.6 Å². The predicted molar refractivity (Wildman–Crippen MR) is 141 cm³/mol. The molecule has 0 aromatic carbocycles. The van der Waals surface area contributed by atoms with Crippen molar-refractivity contribution in [1.29, 1.82) is 0 Å². The van der Waals surface area contributed by atoms with Crippen LogP contribution in [0.15, 0.2) is 11.6 Å². The van der Waals surface area contributed by atoms with Gasteiger partial charge in [-0.3, -0.25) is 0 Å². The van der Waals surface area contributed by atoms with E-state index in [2.05, 4.69) is 0 Å². The van der Waals surface area contributed by atoms with Crippen molar-refractivity contribution >= 4 is 12.3 Å². The van der Waals surface area contributed by atoms with E-state index in [4.69, 9.17) is 18.9 Å². The fourth-order valence-electron chi connectivity index (χ4n) is 9.98. The molecular formula is C30H44O11. The van der Waals surface area contributed by atoms with E-state index in [1.807, 2.05) is 6.92 Å². The van der Waals surface area contributed by atoms with E-state index >= 15 is 0 Å². The van der Waals surface area contributed by atoms with E-state index < -0.39 is 76.8 Å². The van der Waals surface area contributed by atoms with Crippen LogP contribution in [0, 0.1) is 28.6 Å². The molecule has 0 spiro atoms. The Morgan fingerprint density at radius 1 is 1.05 bits per heavy atom. The highest BCUT2D eigenvalue weighted by Crippen LogP contribution is 2.70. The molecule has 5 N–H and O–H groups in total. The van der Waals surface area contributed by atoms with Crippen LogP contribution in [-0.2, 0) is 28.5 Å². The third-order valence-corrected chi connectivity index (χ3v) is 12.3. The van der Waals surface area contributed by atoms with Gasteiger partial charge >= 0.3 is 5.97 Å². The van der Waals surface area contributed by atoms with Crippen molar-refractivity contribution in [2.75, 3.05) is 13.7 Å². The second-order valence-corrected chi connectivity index (χ2v) is 13.7. The fourth-order valence-corrected chi connectivity index (χ4v) is 9.98. The molecule has 41 heavy (non-hydrogen) atoms. The van der Waals surface area contributed by atoms with Gasteiger partial charge in [0.15, 0.2) is 6.29 Å². The minimum absolute atomic E-state index is 0.152. The van der Waals surface area contributed by atoms with Gasteiger partial charge in [0.2, 0.25) is 0 Å². The molecule has 14 atom stereocenters. The summed E-state index contributed by atoms with van der Waals surface area (Å²) in [5.74, 6) is -1.36. The second kappa shape index (κ2) is 10.1.